The molecule has 6 nitrogen and oxygen atoms in total. The number of likely N-dealkylation sites (tertiary alicyclic amines) is 1. The van der Waals surface area contributed by atoms with Crippen LogP contribution in [-0.4, -0.2) is 55.8 Å². The highest BCUT2D eigenvalue weighted by Gasteiger charge is 2.37. The number of sulfonamides is 1. The van der Waals surface area contributed by atoms with Gasteiger partial charge in [0, 0.05) is 38.1 Å². The lowest BCUT2D eigenvalue weighted by Crippen LogP contribution is -2.47. The highest BCUT2D eigenvalue weighted by molar-refractivity contribution is 7.89. The standard InChI is InChI=1S/C17H23F2N3O3S.ClH/c18-13-3-4-15(19)16(10-13)26(24,25)21-8-5-12(6-9-21)17(23)22-7-1-2-14(22)11-20;/h3-4,10,12,14H,1-2,5-9,11,20H2;1H. The Labute approximate surface area is 164 Å². The number of benzene rings is 1. The van der Waals surface area contributed by atoms with Crippen LogP contribution in [0.3, 0.4) is 0 Å². The van der Waals surface area contributed by atoms with Gasteiger partial charge in [0.15, 0.2) is 0 Å². The van der Waals surface area contributed by atoms with Gasteiger partial charge in [0.1, 0.15) is 16.5 Å². The van der Waals surface area contributed by atoms with Crippen molar-refractivity contribution in [3.05, 3.63) is 29.8 Å². The van der Waals surface area contributed by atoms with Crippen LogP contribution in [0.2, 0.25) is 0 Å². The van der Waals surface area contributed by atoms with Gasteiger partial charge in [-0.3, -0.25) is 4.79 Å². The van der Waals surface area contributed by atoms with Crippen molar-refractivity contribution in [1.82, 2.24) is 9.21 Å². The molecule has 2 aliphatic heterocycles. The lowest BCUT2D eigenvalue weighted by atomic mass is 9.96. The van der Waals surface area contributed by atoms with E-state index in [-0.39, 0.29) is 43.4 Å². The van der Waals surface area contributed by atoms with Crippen LogP contribution in [0, 0.1) is 17.6 Å². The maximum atomic E-state index is 13.9. The number of hydrogen-bond donors (Lipinski definition) is 1. The smallest absolute Gasteiger partial charge is 0.246 e. The number of amides is 1. The summed E-state index contributed by atoms with van der Waals surface area (Å²) in [5.41, 5.74) is 5.71. The largest absolute Gasteiger partial charge is 0.338 e. The molecular weight excluding hydrogens is 400 g/mol. The van der Waals surface area contributed by atoms with Gasteiger partial charge < -0.3 is 10.6 Å². The maximum Gasteiger partial charge on any atom is 0.246 e. The third-order valence-electron chi connectivity index (χ3n) is 5.25. The number of nitrogens with zero attached hydrogens (tertiary/aromatic N) is 2. The summed E-state index contributed by atoms with van der Waals surface area (Å²) in [7, 11) is -4.13. The van der Waals surface area contributed by atoms with Crippen molar-refractivity contribution in [2.45, 2.75) is 36.6 Å². The lowest BCUT2D eigenvalue weighted by molar-refractivity contribution is -0.137. The summed E-state index contributed by atoms with van der Waals surface area (Å²) in [6, 6.07) is 2.44. The molecule has 2 heterocycles. The van der Waals surface area contributed by atoms with Gasteiger partial charge in [-0.15, -0.1) is 12.4 Å². The Kier molecular flexibility index (Phi) is 7.18. The van der Waals surface area contributed by atoms with Gasteiger partial charge in [-0.05, 0) is 43.9 Å². The van der Waals surface area contributed by atoms with E-state index in [1.807, 2.05) is 0 Å². The zero-order chi connectivity index (χ0) is 18.9. The van der Waals surface area contributed by atoms with E-state index < -0.39 is 26.6 Å². The fourth-order valence-corrected chi connectivity index (χ4v) is 5.31. The zero-order valence-electron chi connectivity index (χ0n) is 14.8. The van der Waals surface area contributed by atoms with Gasteiger partial charge in [0.05, 0.1) is 0 Å². The van der Waals surface area contributed by atoms with Gasteiger partial charge in [0.2, 0.25) is 15.9 Å². The summed E-state index contributed by atoms with van der Waals surface area (Å²) in [5.74, 6) is -2.03. The van der Waals surface area contributed by atoms with E-state index in [1.165, 1.54) is 0 Å². The van der Waals surface area contributed by atoms with Gasteiger partial charge in [-0.25, -0.2) is 17.2 Å². The molecule has 2 N–H and O–H groups in total. The number of piperidine rings is 1. The van der Waals surface area contributed by atoms with E-state index in [0.29, 0.717) is 32.0 Å². The summed E-state index contributed by atoms with van der Waals surface area (Å²) in [5, 5.41) is 0. The normalized spacial score (nSPS) is 21.9. The molecular formula is C17H24ClF2N3O3S. The van der Waals surface area contributed by atoms with Crippen molar-refractivity contribution >= 4 is 28.3 Å². The topological polar surface area (TPSA) is 83.7 Å². The fourth-order valence-electron chi connectivity index (χ4n) is 3.76. The van der Waals surface area contributed by atoms with Crippen LogP contribution < -0.4 is 5.73 Å². The second kappa shape index (κ2) is 8.81. The maximum absolute atomic E-state index is 13.9. The molecule has 0 saturated carbocycles. The van der Waals surface area contributed by atoms with Crippen LogP contribution in [0.15, 0.2) is 23.1 Å². The summed E-state index contributed by atoms with van der Waals surface area (Å²) in [6.07, 6.45) is 2.56. The molecule has 2 aliphatic rings. The molecule has 1 atom stereocenters. The molecule has 1 unspecified atom stereocenters. The Morgan fingerprint density at radius 3 is 2.44 bits per heavy atom. The Morgan fingerprint density at radius 2 is 1.81 bits per heavy atom. The van der Waals surface area contributed by atoms with Crippen LogP contribution in [0.4, 0.5) is 8.78 Å². The predicted molar refractivity (Wildman–Crippen MR) is 98.9 cm³/mol. The second-order valence-corrected chi connectivity index (χ2v) is 8.72. The monoisotopic (exact) mass is 423 g/mol. The van der Waals surface area contributed by atoms with Crippen LogP contribution in [-0.2, 0) is 14.8 Å². The van der Waals surface area contributed by atoms with E-state index in [4.69, 9.17) is 5.73 Å². The van der Waals surface area contributed by atoms with Crippen LogP contribution in [0.5, 0.6) is 0 Å². The molecule has 0 aromatic heterocycles. The second-order valence-electron chi connectivity index (χ2n) is 6.82. The molecule has 0 aliphatic carbocycles. The molecule has 27 heavy (non-hydrogen) atoms. The quantitative estimate of drug-likeness (QED) is 0.799. The highest BCUT2D eigenvalue weighted by Crippen LogP contribution is 2.28. The minimum atomic E-state index is -4.13. The number of carbonyl (C=O) groups excluding carboxylic acids is 1. The van der Waals surface area contributed by atoms with E-state index >= 15 is 0 Å². The number of rotatable bonds is 4. The number of nitrogens with two attached hydrogens (primary N) is 1. The Balaban J connectivity index is 0.00000261. The minimum absolute atomic E-state index is 0. The summed E-state index contributed by atoms with van der Waals surface area (Å²) >= 11 is 0. The Morgan fingerprint density at radius 1 is 1.15 bits per heavy atom. The van der Waals surface area contributed by atoms with E-state index in [0.717, 1.165) is 29.3 Å². The summed E-state index contributed by atoms with van der Waals surface area (Å²) < 4.78 is 53.5. The molecule has 2 saturated heterocycles. The minimum Gasteiger partial charge on any atom is -0.338 e. The molecule has 10 heteroatoms. The highest BCUT2D eigenvalue weighted by atomic mass is 35.5. The summed E-state index contributed by atoms with van der Waals surface area (Å²) in [4.78, 5) is 13.8. The van der Waals surface area contributed by atoms with Gasteiger partial charge in [0.25, 0.3) is 0 Å². The van der Waals surface area contributed by atoms with Gasteiger partial charge in [-0.1, -0.05) is 0 Å². The third-order valence-corrected chi connectivity index (χ3v) is 7.16. The van der Waals surface area contributed by atoms with Gasteiger partial charge in [-0.2, -0.15) is 4.31 Å². The van der Waals surface area contributed by atoms with Crippen LogP contribution >= 0.6 is 12.4 Å². The molecule has 1 aromatic rings. The molecule has 2 fully saturated rings. The number of hydrogen-bond acceptors (Lipinski definition) is 4. The number of carbonyl (C=O) groups is 1. The van der Waals surface area contributed by atoms with Crippen LogP contribution in [0.1, 0.15) is 25.7 Å². The zero-order valence-corrected chi connectivity index (χ0v) is 16.4. The molecule has 1 aromatic carbocycles. The molecule has 3 rings (SSSR count). The SMILES string of the molecule is Cl.NCC1CCCN1C(=O)C1CCN(S(=O)(=O)c2cc(F)ccc2F)CC1. The van der Waals surface area contributed by atoms with E-state index in [1.54, 1.807) is 4.90 Å². The van der Waals surface area contributed by atoms with E-state index in [9.17, 15) is 22.0 Å². The lowest BCUT2D eigenvalue weighted by Gasteiger charge is -2.34. The molecule has 0 bridgehead atoms. The van der Waals surface area contributed by atoms with Crippen molar-refractivity contribution in [1.29, 1.82) is 0 Å². The first-order valence-corrected chi connectivity index (χ1v) is 10.2. The van der Waals surface area contributed by atoms with Crippen molar-refractivity contribution < 1.29 is 22.0 Å². The number of halogens is 3. The molecule has 152 valence electrons. The average Bonchev–Trinajstić information content (AvgIpc) is 3.12. The Hall–Kier alpha value is -1.29. The Bertz CT molecular complexity index is 786. The average molecular weight is 424 g/mol. The van der Waals surface area contributed by atoms with Crippen molar-refractivity contribution in [3.63, 3.8) is 0 Å². The molecule has 0 radical (unpaired) electrons. The van der Waals surface area contributed by atoms with Gasteiger partial charge >= 0.3 is 0 Å². The van der Waals surface area contributed by atoms with E-state index in [2.05, 4.69) is 0 Å². The van der Waals surface area contributed by atoms with Crippen molar-refractivity contribution in [2.24, 2.45) is 11.7 Å². The summed E-state index contributed by atoms with van der Waals surface area (Å²) in [6.45, 7) is 1.33. The molecule has 1 amide bonds. The fraction of sp³-hybridized carbons (Fsp3) is 0.588. The van der Waals surface area contributed by atoms with Crippen LogP contribution in [0.25, 0.3) is 0 Å². The van der Waals surface area contributed by atoms with Crippen molar-refractivity contribution in [3.8, 4) is 0 Å². The first-order chi connectivity index (χ1) is 12.3. The van der Waals surface area contributed by atoms with Crippen molar-refractivity contribution in [2.75, 3.05) is 26.2 Å². The first-order valence-electron chi connectivity index (χ1n) is 8.80. The first kappa shape index (κ1) is 22.0. The molecule has 0 spiro atoms. The predicted octanol–water partition coefficient (Wildman–Crippen LogP) is 1.74. The third kappa shape index (κ3) is 4.42.